The largest absolute Gasteiger partial charge is 0.508 e. The van der Waals surface area contributed by atoms with Crippen LogP contribution in [-0.4, -0.2) is 27.1 Å². The number of phenols is 1. The highest BCUT2D eigenvalue weighted by molar-refractivity contribution is 5.95. The fourth-order valence-electron chi connectivity index (χ4n) is 2.76. The normalized spacial score (nSPS) is 10.2. The Morgan fingerprint density at radius 1 is 0.714 bits per heavy atom. The van der Waals surface area contributed by atoms with Gasteiger partial charge in [-0.3, -0.25) is 30.9 Å². The van der Waals surface area contributed by atoms with Crippen LogP contribution in [0.2, 0.25) is 0 Å². The number of rotatable bonds is 8. The number of nitro benzene ring substituents is 2. The Morgan fingerprint density at radius 3 is 1.57 bits per heavy atom. The van der Waals surface area contributed by atoms with Crippen molar-refractivity contribution in [3.8, 4) is 5.75 Å². The second kappa shape index (κ2) is 11.1. The van der Waals surface area contributed by atoms with Crippen LogP contribution in [0.15, 0.2) is 66.7 Å². The molecule has 13 nitrogen and oxygen atoms in total. The van der Waals surface area contributed by atoms with Crippen LogP contribution < -0.4 is 10.6 Å². The van der Waals surface area contributed by atoms with Gasteiger partial charge < -0.3 is 14.6 Å². The van der Waals surface area contributed by atoms with Crippen molar-refractivity contribution in [3.63, 3.8) is 0 Å². The molecule has 0 unspecified atom stereocenters. The molecule has 0 saturated carbocycles. The molecule has 0 heterocycles. The molecule has 0 spiro atoms. The summed E-state index contributed by atoms with van der Waals surface area (Å²) in [6, 6.07) is 14.7. The van der Waals surface area contributed by atoms with Crippen molar-refractivity contribution in [3.05, 3.63) is 98.1 Å². The van der Waals surface area contributed by atoms with E-state index in [0.29, 0.717) is 11.1 Å². The van der Waals surface area contributed by atoms with Crippen LogP contribution >= 0.6 is 0 Å². The molecular weight excluding hydrogens is 464 g/mol. The van der Waals surface area contributed by atoms with Gasteiger partial charge in [0.1, 0.15) is 19.0 Å². The Bertz CT molecular complexity index is 1240. The Morgan fingerprint density at radius 2 is 1.14 bits per heavy atom. The van der Waals surface area contributed by atoms with Gasteiger partial charge in [0.2, 0.25) is 0 Å². The van der Waals surface area contributed by atoms with E-state index >= 15 is 0 Å². The molecule has 180 valence electrons. The standard InChI is InChI=1S/C22H18N4O9/c27-18-9-10-19(23-21(28)34-12-14-1-5-16(6-2-14)25(30)31)20(11-18)24-22(29)35-13-15-3-7-17(8-4-15)26(32)33/h1-11,27H,12-13H2,(H,23,28)(H,24,29). The molecule has 0 radical (unpaired) electrons. The van der Waals surface area contributed by atoms with Crippen LogP contribution in [0.3, 0.4) is 0 Å². The van der Waals surface area contributed by atoms with E-state index in [1.807, 2.05) is 0 Å². The summed E-state index contributed by atoms with van der Waals surface area (Å²) < 4.78 is 10.2. The Labute approximate surface area is 197 Å². The number of anilines is 2. The van der Waals surface area contributed by atoms with E-state index in [1.165, 1.54) is 66.7 Å². The highest BCUT2D eigenvalue weighted by Crippen LogP contribution is 2.27. The first-order chi connectivity index (χ1) is 16.7. The SMILES string of the molecule is O=C(Nc1ccc(O)cc1NC(=O)OCc1ccc([N+](=O)[O-])cc1)OCc1ccc([N+](=O)[O-])cc1. The molecule has 0 fully saturated rings. The fourth-order valence-corrected chi connectivity index (χ4v) is 2.76. The zero-order chi connectivity index (χ0) is 25.4. The smallest absolute Gasteiger partial charge is 0.412 e. The van der Waals surface area contributed by atoms with Gasteiger partial charge in [-0.15, -0.1) is 0 Å². The molecule has 0 saturated heterocycles. The third-order valence-electron chi connectivity index (χ3n) is 4.51. The van der Waals surface area contributed by atoms with Gasteiger partial charge in [-0.1, -0.05) is 0 Å². The molecule has 0 bridgehead atoms. The summed E-state index contributed by atoms with van der Waals surface area (Å²) in [6.07, 6.45) is -1.78. The van der Waals surface area contributed by atoms with Crippen LogP contribution in [0.25, 0.3) is 0 Å². The van der Waals surface area contributed by atoms with E-state index in [9.17, 15) is 34.9 Å². The molecule has 13 heteroatoms. The fraction of sp³-hybridized carbons (Fsp3) is 0.0909. The number of carbonyl (C=O) groups is 2. The van der Waals surface area contributed by atoms with Crippen molar-refractivity contribution in [2.75, 3.05) is 10.6 Å². The molecule has 2 amide bonds. The van der Waals surface area contributed by atoms with Crippen molar-refractivity contribution >= 4 is 34.9 Å². The van der Waals surface area contributed by atoms with Crippen molar-refractivity contribution in [2.24, 2.45) is 0 Å². The van der Waals surface area contributed by atoms with E-state index in [1.54, 1.807) is 0 Å². The van der Waals surface area contributed by atoms with Crippen molar-refractivity contribution in [1.82, 2.24) is 0 Å². The minimum absolute atomic E-state index is 0.0194. The molecule has 3 N–H and O–H groups in total. The van der Waals surface area contributed by atoms with Crippen LogP contribution in [0.1, 0.15) is 11.1 Å². The molecule has 3 rings (SSSR count). The number of aromatic hydroxyl groups is 1. The molecule has 0 aromatic heterocycles. The summed E-state index contributed by atoms with van der Waals surface area (Å²) in [5, 5.41) is 35.9. The molecule has 0 atom stereocenters. The first kappa shape index (κ1) is 24.4. The maximum atomic E-state index is 12.2. The number of hydrogen-bond donors (Lipinski definition) is 3. The zero-order valence-corrected chi connectivity index (χ0v) is 17.9. The van der Waals surface area contributed by atoms with Crippen LogP contribution in [0.5, 0.6) is 5.75 Å². The van der Waals surface area contributed by atoms with Crippen molar-refractivity contribution in [2.45, 2.75) is 13.2 Å². The summed E-state index contributed by atoms with van der Waals surface area (Å²) in [4.78, 5) is 44.6. The lowest BCUT2D eigenvalue weighted by atomic mass is 10.2. The number of nitro groups is 2. The topological polar surface area (TPSA) is 183 Å². The number of non-ortho nitro benzene ring substituents is 2. The van der Waals surface area contributed by atoms with Gasteiger partial charge >= 0.3 is 12.2 Å². The van der Waals surface area contributed by atoms with Crippen molar-refractivity contribution < 1.29 is 34.0 Å². The lowest BCUT2D eigenvalue weighted by Crippen LogP contribution is -2.18. The van der Waals surface area contributed by atoms with Crippen LogP contribution in [0, 0.1) is 20.2 Å². The maximum absolute atomic E-state index is 12.2. The van der Waals surface area contributed by atoms with E-state index < -0.39 is 22.0 Å². The molecule has 0 aliphatic carbocycles. The summed E-state index contributed by atoms with van der Waals surface area (Å²) in [5.41, 5.74) is 0.946. The average molecular weight is 482 g/mol. The second-order valence-electron chi connectivity index (χ2n) is 6.98. The monoisotopic (exact) mass is 482 g/mol. The molecule has 35 heavy (non-hydrogen) atoms. The number of nitrogens with zero attached hydrogens (tertiary/aromatic N) is 2. The Balaban J connectivity index is 1.56. The van der Waals surface area contributed by atoms with Gasteiger partial charge in [0, 0.05) is 30.3 Å². The summed E-state index contributed by atoms with van der Waals surface area (Å²) >= 11 is 0. The van der Waals surface area contributed by atoms with Gasteiger partial charge in [-0.2, -0.15) is 0 Å². The van der Waals surface area contributed by atoms with Gasteiger partial charge in [0.25, 0.3) is 11.4 Å². The predicted molar refractivity (Wildman–Crippen MR) is 122 cm³/mol. The molecule has 3 aromatic carbocycles. The minimum Gasteiger partial charge on any atom is -0.508 e. The summed E-state index contributed by atoms with van der Waals surface area (Å²) in [5.74, 6) is -0.194. The number of ether oxygens (including phenoxy) is 2. The number of carbonyl (C=O) groups excluding carboxylic acids is 2. The average Bonchev–Trinajstić information content (AvgIpc) is 2.83. The summed E-state index contributed by atoms with van der Waals surface area (Å²) in [7, 11) is 0. The minimum atomic E-state index is -0.906. The Hall–Kier alpha value is -5.20. The predicted octanol–water partition coefficient (Wildman–Crippen LogP) is 4.71. The maximum Gasteiger partial charge on any atom is 0.412 e. The van der Waals surface area contributed by atoms with Crippen LogP contribution in [-0.2, 0) is 22.7 Å². The van der Waals surface area contributed by atoms with Gasteiger partial charge in [-0.05, 0) is 47.5 Å². The first-order valence-electron chi connectivity index (χ1n) is 9.88. The molecule has 0 aliphatic heterocycles. The number of amides is 2. The highest BCUT2D eigenvalue weighted by Gasteiger charge is 2.13. The third-order valence-corrected chi connectivity index (χ3v) is 4.51. The number of nitrogens with one attached hydrogen (secondary N) is 2. The summed E-state index contributed by atoms with van der Waals surface area (Å²) in [6.45, 7) is -0.343. The first-order valence-corrected chi connectivity index (χ1v) is 9.88. The quantitative estimate of drug-likeness (QED) is 0.232. The number of hydrogen-bond acceptors (Lipinski definition) is 9. The molecular formula is C22H18N4O9. The van der Waals surface area contributed by atoms with E-state index in [-0.39, 0.29) is 41.7 Å². The van der Waals surface area contributed by atoms with Gasteiger partial charge in [-0.25, -0.2) is 9.59 Å². The van der Waals surface area contributed by atoms with E-state index in [4.69, 9.17) is 9.47 Å². The molecule has 0 aliphatic rings. The lowest BCUT2D eigenvalue weighted by molar-refractivity contribution is -0.385. The van der Waals surface area contributed by atoms with Crippen LogP contribution in [0.4, 0.5) is 32.3 Å². The van der Waals surface area contributed by atoms with Crippen molar-refractivity contribution in [1.29, 1.82) is 0 Å². The second-order valence-corrected chi connectivity index (χ2v) is 6.98. The number of benzene rings is 3. The third kappa shape index (κ3) is 7.15. The van der Waals surface area contributed by atoms with Gasteiger partial charge in [0.15, 0.2) is 0 Å². The molecule has 3 aromatic rings. The zero-order valence-electron chi connectivity index (χ0n) is 17.9. The van der Waals surface area contributed by atoms with E-state index in [0.717, 1.165) is 0 Å². The lowest BCUT2D eigenvalue weighted by Gasteiger charge is -2.13. The van der Waals surface area contributed by atoms with E-state index in [2.05, 4.69) is 10.6 Å². The Kier molecular flexibility index (Phi) is 7.74. The highest BCUT2D eigenvalue weighted by atomic mass is 16.6. The van der Waals surface area contributed by atoms with Gasteiger partial charge in [0.05, 0.1) is 21.2 Å². The number of phenolic OH excluding ortho intramolecular Hbond substituents is 1.